The van der Waals surface area contributed by atoms with E-state index in [1.165, 1.54) is 18.2 Å². The Balaban J connectivity index is 1.95. The first-order chi connectivity index (χ1) is 16.6. The van der Waals surface area contributed by atoms with Gasteiger partial charge in [0.1, 0.15) is 12.3 Å². The van der Waals surface area contributed by atoms with E-state index in [-0.39, 0.29) is 32.6 Å². The standard InChI is InChI=1S/C26H28Cl2N2O4S/c1-18(2)16-23(19-12-14-20(34-3)15-13-19)29-25(31)17-30(24-11-7-10-22(27)26(24)28)35(32,33)21-8-5-4-6-9-21/h4-15,18,23H,16-17H2,1-3H3,(H,29,31)/t23-/m0/s1. The Kier molecular flexibility index (Phi) is 9.05. The lowest BCUT2D eigenvalue weighted by molar-refractivity contribution is -0.120. The predicted octanol–water partition coefficient (Wildman–Crippen LogP) is 6.10. The monoisotopic (exact) mass is 534 g/mol. The van der Waals surface area contributed by atoms with Gasteiger partial charge in [0.05, 0.1) is 33.8 Å². The Morgan fingerprint density at radius 3 is 2.23 bits per heavy atom. The highest BCUT2D eigenvalue weighted by molar-refractivity contribution is 7.92. The van der Waals surface area contributed by atoms with Gasteiger partial charge in [0.2, 0.25) is 5.91 Å². The zero-order valence-corrected chi connectivity index (χ0v) is 22.1. The molecule has 9 heteroatoms. The first-order valence-electron chi connectivity index (χ1n) is 11.1. The Morgan fingerprint density at radius 1 is 0.971 bits per heavy atom. The topological polar surface area (TPSA) is 75.7 Å². The van der Waals surface area contributed by atoms with Crippen molar-refractivity contribution in [1.82, 2.24) is 5.32 Å². The van der Waals surface area contributed by atoms with Crippen molar-refractivity contribution in [2.45, 2.75) is 31.2 Å². The lowest BCUT2D eigenvalue weighted by Crippen LogP contribution is -2.42. The van der Waals surface area contributed by atoms with Crippen LogP contribution in [-0.4, -0.2) is 28.0 Å². The second kappa shape index (κ2) is 11.8. The van der Waals surface area contributed by atoms with Crippen molar-refractivity contribution in [2.75, 3.05) is 18.0 Å². The minimum atomic E-state index is -4.11. The molecule has 0 aliphatic carbocycles. The molecule has 35 heavy (non-hydrogen) atoms. The number of rotatable bonds is 10. The molecule has 0 unspecified atom stereocenters. The van der Waals surface area contributed by atoms with Gasteiger partial charge in [0, 0.05) is 0 Å². The third-order valence-corrected chi connectivity index (χ3v) is 7.96. The number of ether oxygens (including phenoxy) is 1. The molecular formula is C26H28Cl2N2O4S. The zero-order valence-electron chi connectivity index (χ0n) is 19.7. The van der Waals surface area contributed by atoms with E-state index in [0.29, 0.717) is 12.2 Å². The maximum atomic E-state index is 13.6. The minimum absolute atomic E-state index is 0.0396. The number of amides is 1. The van der Waals surface area contributed by atoms with E-state index in [1.54, 1.807) is 37.4 Å². The molecule has 3 rings (SSSR count). The summed E-state index contributed by atoms with van der Waals surface area (Å²) >= 11 is 12.6. The molecule has 0 saturated heterocycles. The van der Waals surface area contributed by atoms with Crippen LogP contribution in [0.4, 0.5) is 5.69 Å². The summed E-state index contributed by atoms with van der Waals surface area (Å²) in [6.45, 7) is 3.64. The van der Waals surface area contributed by atoms with Crippen molar-refractivity contribution < 1.29 is 17.9 Å². The van der Waals surface area contributed by atoms with Crippen LogP contribution in [0, 0.1) is 5.92 Å². The van der Waals surface area contributed by atoms with Crippen LogP contribution in [0.3, 0.4) is 0 Å². The van der Waals surface area contributed by atoms with Crippen LogP contribution in [0.1, 0.15) is 31.9 Å². The quantitative estimate of drug-likeness (QED) is 0.340. The SMILES string of the molecule is COc1ccc([C@H](CC(C)C)NC(=O)CN(c2cccc(Cl)c2Cl)S(=O)(=O)c2ccccc2)cc1. The summed E-state index contributed by atoms with van der Waals surface area (Å²) in [5.74, 6) is 0.523. The van der Waals surface area contributed by atoms with Gasteiger partial charge in [-0.2, -0.15) is 0 Å². The fourth-order valence-corrected chi connectivity index (χ4v) is 5.56. The van der Waals surface area contributed by atoms with E-state index >= 15 is 0 Å². The molecule has 0 aromatic heterocycles. The molecule has 3 aromatic carbocycles. The van der Waals surface area contributed by atoms with Crippen LogP contribution >= 0.6 is 23.2 Å². The molecule has 0 bridgehead atoms. The molecule has 0 fully saturated rings. The highest BCUT2D eigenvalue weighted by Crippen LogP contribution is 2.35. The number of hydrogen-bond acceptors (Lipinski definition) is 4. The molecule has 0 aliphatic heterocycles. The third kappa shape index (κ3) is 6.69. The Labute approximate surface area is 216 Å². The summed E-state index contributed by atoms with van der Waals surface area (Å²) in [6.07, 6.45) is 0.668. The Hall–Kier alpha value is -2.74. The average molecular weight is 535 g/mol. The van der Waals surface area contributed by atoms with E-state index in [0.717, 1.165) is 9.87 Å². The Morgan fingerprint density at radius 2 is 1.63 bits per heavy atom. The highest BCUT2D eigenvalue weighted by atomic mass is 35.5. The summed E-state index contributed by atoms with van der Waals surface area (Å²) < 4.78 is 33.4. The van der Waals surface area contributed by atoms with Crippen molar-refractivity contribution in [3.8, 4) is 5.75 Å². The van der Waals surface area contributed by atoms with Crippen molar-refractivity contribution in [1.29, 1.82) is 0 Å². The molecule has 1 atom stereocenters. The number of methoxy groups -OCH3 is 1. The van der Waals surface area contributed by atoms with Gasteiger partial charge in [-0.3, -0.25) is 9.10 Å². The van der Waals surface area contributed by atoms with E-state index in [4.69, 9.17) is 27.9 Å². The summed E-state index contributed by atoms with van der Waals surface area (Å²) in [6, 6.07) is 19.7. The van der Waals surface area contributed by atoms with Crippen molar-refractivity contribution in [3.63, 3.8) is 0 Å². The normalized spacial score (nSPS) is 12.3. The van der Waals surface area contributed by atoms with Crippen LogP contribution in [0.2, 0.25) is 10.0 Å². The van der Waals surface area contributed by atoms with Crippen LogP contribution in [0.25, 0.3) is 0 Å². The largest absolute Gasteiger partial charge is 0.497 e. The van der Waals surface area contributed by atoms with Gasteiger partial charge in [0.15, 0.2) is 0 Å². The van der Waals surface area contributed by atoms with Crippen LogP contribution in [0.5, 0.6) is 5.75 Å². The molecule has 0 saturated carbocycles. The van der Waals surface area contributed by atoms with Crippen molar-refractivity contribution in [2.24, 2.45) is 5.92 Å². The van der Waals surface area contributed by atoms with Gasteiger partial charge >= 0.3 is 0 Å². The van der Waals surface area contributed by atoms with Gasteiger partial charge in [-0.15, -0.1) is 0 Å². The molecule has 3 aromatic rings. The number of carbonyl (C=O) groups is 1. The number of anilines is 1. The van der Waals surface area contributed by atoms with Crippen LogP contribution in [0.15, 0.2) is 77.7 Å². The molecule has 0 radical (unpaired) electrons. The lowest BCUT2D eigenvalue weighted by Gasteiger charge is -2.27. The summed E-state index contributed by atoms with van der Waals surface area (Å²) in [4.78, 5) is 13.3. The van der Waals surface area contributed by atoms with Gasteiger partial charge < -0.3 is 10.1 Å². The number of nitrogens with one attached hydrogen (secondary N) is 1. The van der Waals surface area contributed by atoms with Gasteiger partial charge in [-0.25, -0.2) is 8.42 Å². The first kappa shape index (κ1) is 26.9. The fourth-order valence-electron chi connectivity index (χ4n) is 3.66. The number of carbonyl (C=O) groups excluding carboxylic acids is 1. The number of halogens is 2. The summed E-state index contributed by atoms with van der Waals surface area (Å²) in [5, 5.41) is 3.24. The van der Waals surface area contributed by atoms with E-state index in [9.17, 15) is 13.2 Å². The predicted molar refractivity (Wildman–Crippen MR) is 141 cm³/mol. The van der Waals surface area contributed by atoms with E-state index in [2.05, 4.69) is 19.2 Å². The number of nitrogens with zero attached hydrogens (tertiary/aromatic N) is 1. The van der Waals surface area contributed by atoms with E-state index in [1.807, 2.05) is 24.3 Å². The summed E-state index contributed by atoms with van der Waals surface area (Å²) in [5.41, 5.74) is 1.02. The van der Waals surface area contributed by atoms with Crippen LogP contribution < -0.4 is 14.4 Å². The molecular weight excluding hydrogens is 507 g/mol. The molecule has 6 nitrogen and oxygen atoms in total. The average Bonchev–Trinajstić information content (AvgIpc) is 2.84. The second-order valence-electron chi connectivity index (χ2n) is 8.42. The number of sulfonamides is 1. The lowest BCUT2D eigenvalue weighted by atomic mass is 9.97. The molecule has 1 N–H and O–H groups in total. The van der Waals surface area contributed by atoms with Crippen molar-refractivity contribution in [3.05, 3.63) is 88.4 Å². The Bertz CT molecular complexity index is 1250. The number of hydrogen-bond donors (Lipinski definition) is 1. The maximum Gasteiger partial charge on any atom is 0.264 e. The fraction of sp³-hybridized carbons (Fsp3) is 0.269. The first-order valence-corrected chi connectivity index (χ1v) is 13.3. The van der Waals surface area contributed by atoms with Crippen molar-refractivity contribution >= 4 is 44.8 Å². The van der Waals surface area contributed by atoms with Gasteiger partial charge in [0.25, 0.3) is 10.0 Å². The maximum absolute atomic E-state index is 13.6. The van der Waals surface area contributed by atoms with Gasteiger partial charge in [-0.1, -0.05) is 73.4 Å². The smallest absolute Gasteiger partial charge is 0.264 e. The minimum Gasteiger partial charge on any atom is -0.497 e. The highest BCUT2D eigenvalue weighted by Gasteiger charge is 2.30. The summed E-state index contributed by atoms with van der Waals surface area (Å²) in [7, 11) is -2.52. The van der Waals surface area contributed by atoms with E-state index < -0.39 is 22.5 Å². The number of benzene rings is 3. The molecule has 186 valence electrons. The second-order valence-corrected chi connectivity index (χ2v) is 11.1. The molecule has 1 amide bonds. The third-order valence-electron chi connectivity index (χ3n) is 5.38. The molecule has 0 aliphatic rings. The van der Waals surface area contributed by atoms with Gasteiger partial charge in [-0.05, 0) is 54.3 Å². The molecule has 0 spiro atoms. The molecule has 0 heterocycles. The zero-order chi connectivity index (χ0) is 25.6. The van der Waals surface area contributed by atoms with Crippen LogP contribution in [-0.2, 0) is 14.8 Å².